The molecule has 1 aliphatic heterocycles. The van der Waals surface area contributed by atoms with E-state index in [2.05, 4.69) is 52.7 Å². The molecule has 0 fully saturated rings. The van der Waals surface area contributed by atoms with E-state index < -0.39 is 5.60 Å². The number of nitrogens with one attached hydrogen (secondary N) is 1. The van der Waals surface area contributed by atoms with Gasteiger partial charge in [-0.3, -0.25) is 4.90 Å². The van der Waals surface area contributed by atoms with E-state index in [0.717, 1.165) is 25.2 Å². The van der Waals surface area contributed by atoms with Crippen molar-refractivity contribution in [1.29, 1.82) is 0 Å². The molecule has 132 valence electrons. The summed E-state index contributed by atoms with van der Waals surface area (Å²) >= 11 is 0. The van der Waals surface area contributed by atoms with Crippen LogP contribution < -0.4 is 5.32 Å². The lowest BCUT2D eigenvalue weighted by Gasteiger charge is -2.19. The number of rotatable bonds is 4. The van der Waals surface area contributed by atoms with Crippen molar-refractivity contribution in [3.63, 3.8) is 0 Å². The summed E-state index contributed by atoms with van der Waals surface area (Å²) in [6.45, 7) is 8.96. The lowest BCUT2D eigenvalue weighted by Crippen LogP contribution is -2.32. The van der Waals surface area contributed by atoms with Gasteiger partial charge in [0.25, 0.3) is 0 Å². The molecule has 1 amide bonds. The molecule has 2 aromatic rings. The Morgan fingerprint density at radius 3 is 2.48 bits per heavy atom. The third-order valence-corrected chi connectivity index (χ3v) is 4.14. The van der Waals surface area contributed by atoms with Crippen LogP contribution in [0, 0.1) is 0 Å². The van der Waals surface area contributed by atoms with Crippen LogP contribution in [0.15, 0.2) is 48.5 Å². The molecular weight excluding hydrogens is 312 g/mol. The second-order valence-corrected chi connectivity index (χ2v) is 7.59. The van der Waals surface area contributed by atoms with Gasteiger partial charge in [-0.05, 0) is 43.0 Å². The van der Waals surface area contributed by atoms with Crippen LogP contribution >= 0.6 is 0 Å². The Bertz CT molecular complexity index is 735. The van der Waals surface area contributed by atoms with Crippen molar-refractivity contribution >= 4 is 6.09 Å². The van der Waals surface area contributed by atoms with Crippen molar-refractivity contribution in [3.8, 4) is 0 Å². The molecule has 0 saturated carbocycles. The van der Waals surface area contributed by atoms with Gasteiger partial charge >= 0.3 is 6.09 Å². The molecule has 1 aliphatic rings. The van der Waals surface area contributed by atoms with E-state index in [-0.39, 0.29) is 6.09 Å². The number of fused-ring (bicyclic) bond motifs is 1. The van der Waals surface area contributed by atoms with E-state index in [4.69, 9.17) is 4.74 Å². The summed E-state index contributed by atoms with van der Waals surface area (Å²) < 4.78 is 5.28. The average molecular weight is 338 g/mol. The van der Waals surface area contributed by atoms with E-state index in [0.29, 0.717) is 6.54 Å². The minimum atomic E-state index is -0.472. The normalized spacial score (nSPS) is 14.2. The monoisotopic (exact) mass is 338 g/mol. The highest BCUT2D eigenvalue weighted by atomic mass is 16.6. The molecule has 0 atom stereocenters. The lowest BCUT2D eigenvalue weighted by atomic mass is 10.1. The second kappa shape index (κ2) is 7.28. The summed E-state index contributed by atoms with van der Waals surface area (Å²) in [5.41, 5.74) is 4.68. The fourth-order valence-corrected chi connectivity index (χ4v) is 3.07. The van der Waals surface area contributed by atoms with E-state index in [1.807, 2.05) is 26.8 Å². The van der Waals surface area contributed by atoms with Crippen molar-refractivity contribution in [1.82, 2.24) is 10.2 Å². The predicted molar refractivity (Wildman–Crippen MR) is 98.9 cm³/mol. The maximum Gasteiger partial charge on any atom is 0.407 e. The largest absolute Gasteiger partial charge is 0.444 e. The Balaban J connectivity index is 1.56. The number of hydrogen-bond acceptors (Lipinski definition) is 3. The van der Waals surface area contributed by atoms with Gasteiger partial charge in [0.1, 0.15) is 5.60 Å². The van der Waals surface area contributed by atoms with Crippen LogP contribution in [0.25, 0.3) is 0 Å². The van der Waals surface area contributed by atoms with E-state index in [1.54, 1.807) is 0 Å². The summed E-state index contributed by atoms with van der Waals surface area (Å²) in [6, 6.07) is 17.0. The van der Waals surface area contributed by atoms with Gasteiger partial charge in [0.2, 0.25) is 0 Å². The third kappa shape index (κ3) is 5.07. The van der Waals surface area contributed by atoms with Crippen LogP contribution in [-0.4, -0.2) is 16.6 Å². The molecule has 0 saturated heterocycles. The molecule has 0 radical (unpaired) electrons. The second-order valence-electron chi connectivity index (χ2n) is 7.59. The first-order chi connectivity index (χ1) is 11.9. The number of ether oxygens (including phenoxy) is 1. The summed E-state index contributed by atoms with van der Waals surface area (Å²) in [5, 5.41) is 2.82. The average Bonchev–Trinajstić information content (AvgIpc) is 2.93. The van der Waals surface area contributed by atoms with Crippen molar-refractivity contribution in [3.05, 3.63) is 70.8 Å². The standard InChI is InChI=1S/C21H26N2O2/c1-21(2,3)25-20(24)22-12-17-9-10-18-14-23(15-19(18)11-17)13-16-7-5-4-6-8-16/h4-11H,12-15H2,1-3H3,(H,22,24). The molecular formula is C21H26N2O2. The molecule has 25 heavy (non-hydrogen) atoms. The van der Waals surface area contributed by atoms with Gasteiger partial charge in [0, 0.05) is 26.2 Å². The van der Waals surface area contributed by atoms with Gasteiger partial charge in [0.15, 0.2) is 0 Å². The smallest absolute Gasteiger partial charge is 0.407 e. The van der Waals surface area contributed by atoms with Crippen LogP contribution in [0.5, 0.6) is 0 Å². The highest BCUT2D eigenvalue weighted by Crippen LogP contribution is 2.25. The first-order valence-corrected chi connectivity index (χ1v) is 8.73. The van der Waals surface area contributed by atoms with Gasteiger partial charge < -0.3 is 10.1 Å². The molecule has 0 unspecified atom stereocenters. The zero-order chi connectivity index (χ0) is 17.9. The fraction of sp³-hybridized carbons (Fsp3) is 0.381. The Hall–Kier alpha value is -2.33. The van der Waals surface area contributed by atoms with Crippen LogP contribution in [0.4, 0.5) is 4.79 Å². The molecule has 4 nitrogen and oxygen atoms in total. The fourth-order valence-electron chi connectivity index (χ4n) is 3.07. The number of carbonyl (C=O) groups is 1. The zero-order valence-corrected chi connectivity index (χ0v) is 15.2. The lowest BCUT2D eigenvalue weighted by molar-refractivity contribution is 0.0523. The van der Waals surface area contributed by atoms with E-state index in [9.17, 15) is 4.79 Å². The summed E-state index contributed by atoms with van der Waals surface area (Å²) in [7, 11) is 0. The molecule has 0 spiro atoms. The van der Waals surface area contributed by atoms with Crippen molar-refractivity contribution in [2.45, 2.75) is 52.6 Å². The number of benzene rings is 2. The predicted octanol–water partition coefficient (Wildman–Crippen LogP) is 4.23. The van der Waals surface area contributed by atoms with Crippen molar-refractivity contribution < 1.29 is 9.53 Å². The first-order valence-electron chi connectivity index (χ1n) is 8.73. The third-order valence-electron chi connectivity index (χ3n) is 4.14. The maximum absolute atomic E-state index is 11.8. The zero-order valence-electron chi connectivity index (χ0n) is 15.2. The van der Waals surface area contributed by atoms with E-state index in [1.165, 1.54) is 16.7 Å². The topological polar surface area (TPSA) is 41.6 Å². The van der Waals surface area contributed by atoms with Crippen LogP contribution in [0.2, 0.25) is 0 Å². The summed E-state index contributed by atoms with van der Waals surface area (Å²) in [4.78, 5) is 14.2. The van der Waals surface area contributed by atoms with Crippen LogP contribution in [-0.2, 0) is 30.9 Å². The minimum absolute atomic E-state index is 0.376. The highest BCUT2D eigenvalue weighted by Gasteiger charge is 2.20. The highest BCUT2D eigenvalue weighted by molar-refractivity contribution is 5.67. The van der Waals surface area contributed by atoms with E-state index >= 15 is 0 Å². The molecule has 2 aromatic carbocycles. The van der Waals surface area contributed by atoms with Gasteiger partial charge in [-0.1, -0.05) is 48.5 Å². The Labute approximate surface area is 149 Å². The molecule has 0 aromatic heterocycles. The van der Waals surface area contributed by atoms with Crippen molar-refractivity contribution in [2.24, 2.45) is 0 Å². The number of amides is 1. The number of alkyl carbamates (subject to hydrolysis) is 1. The molecule has 1 heterocycles. The molecule has 0 aliphatic carbocycles. The van der Waals surface area contributed by atoms with Gasteiger partial charge in [-0.25, -0.2) is 4.79 Å². The Morgan fingerprint density at radius 2 is 1.76 bits per heavy atom. The molecule has 0 bridgehead atoms. The molecule has 4 heteroatoms. The number of carbonyl (C=O) groups excluding carboxylic acids is 1. The quantitative estimate of drug-likeness (QED) is 0.907. The molecule has 1 N–H and O–H groups in total. The molecule has 3 rings (SSSR count). The number of hydrogen-bond donors (Lipinski definition) is 1. The Kier molecular flexibility index (Phi) is 5.09. The summed E-state index contributed by atoms with van der Waals surface area (Å²) in [5.74, 6) is 0. The van der Waals surface area contributed by atoms with Crippen LogP contribution in [0.3, 0.4) is 0 Å². The Morgan fingerprint density at radius 1 is 1.04 bits per heavy atom. The van der Waals surface area contributed by atoms with Gasteiger partial charge in [0.05, 0.1) is 0 Å². The van der Waals surface area contributed by atoms with Crippen LogP contribution in [0.1, 0.15) is 43.0 Å². The van der Waals surface area contributed by atoms with Gasteiger partial charge in [-0.15, -0.1) is 0 Å². The minimum Gasteiger partial charge on any atom is -0.444 e. The number of nitrogens with zero attached hydrogens (tertiary/aromatic N) is 1. The summed E-state index contributed by atoms with van der Waals surface area (Å²) in [6.07, 6.45) is -0.376. The first kappa shape index (κ1) is 17.5. The van der Waals surface area contributed by atoms with Crippen molar-refractivity contribution in [2.75, 3.05) is 0 Å². The van der Waals surface area contributed by atoms with Gasteiger partial charge in [-0.2, -0.15) is 0 Å². The maximum atomic E-state index is 11.8. The SMILES string of the molecule is CC(C)(C)OC(=O)NCc1ccc2c(c1)CN(Cc1ccccc1)C2.